The number of hydrogen-bond donors (Lipinski definition) is 1. The summed E-state index contributed by atoms with van der Waals surface area (Å²) in [5.41, 5.74) is 1.20. The van der Waals surface area contributed by atoms with Crippen LogP contribution in [0.3, 0.4) is 0 Å². The maximum absolute atomic E-state index is 12.3. The van der Waals surface area contributed by atoms with Crippen molar-refractivity contribution in [1.82, 2.24) is 24.9 Å². The van der Waals surface area contributed by atoms with E-state index in [1.807, 2.05) is 19.3 Å². The smallest absolute Gasteiger partial charge is 0.270 e. The van der Waals surface area contributed by atoms with Gasteiger partial charge in [-0.15, -0.1) is 0 Å². The van der Waals surface area contributed by atoms with E-state index in [-0.39, 0.29) is 12.6 Å². The maximum Gasteiger partial charge on any atom is 0.270 e. The van der Waals surface area contributed by atoms with Crippen LogP contribution in [0.1, 0.15) is 16.2 Å². The third-order valence-corrected chi connectivity index (χ3v) is 3.57. The highest BCUT2D eigenvalue weighted by atomic mass is 35.5. The van der Waals surface area contributed by atoms with Crippen molar-refractivity contribution in [3.8, 4) is 5.75 Å². The first-order valence-electron chi connectivity index (χ1n) is 7.29. The van der Waals surface area contributed by atoms with Crippen LogP contribution in [0.5, 0.6) is 5.75 Å². The normalized spacial score (nSPS) is 10.6. The molecular formula is C16H16ClN5O2. The van der Waals surface area contributed by atoms with Crippen molar-refractivity contribution in [2.45, 2.75) is 13.3 Å². The number of benzene rings is 1. The molecule has 0 saturated heterocycles. The molecule has 0 atom stereocenters. The Morgan fingerprint density at radius 2 is 2.04 bits per heavy atom. The topological polar surface area (TPSA) is 74.0 Å². The molecule has 1 amide bonds. The van der Waals surface area contributed by atoms with Crippen molar-refractivity contribution >= 4 is 17.5 Å². The summed E-state index contributed by atoms with van der Waals surface area (Å²) in [6.45, 7) is 0.476. The number of ether oxygens (including phenoxy) is 1. The van der Waals surface area contributed by atoms with Crippen LogP contribution in [-0.2, 0) is 20.3 Å². The van der Waals surface area contributed by atoms with E-state index in [2.05, 4.69) is 15.5 Å². The van der Waals surface area contributed by atoms with Crippen molar-refractivity contribution in [2.75, 3.05) is 0 Å². The molecular weight excluding hydrogens is 330 g/mol. The highest BCUT2D eigenvalue weighted by Gasteiger charge is 2.12. The molecule has 8 heteroatoms. The van der Waals surface area contributed by atoms with Crippen LogP contribution in [-0.4, -0.2) is 25.5 Å². The summed E-state index contributed by atoms with van der Waals surface area (Å²) in [6, 6.07) is 10.5. The third kappa shape index (κ3) is 3.94. The molecule has 0 aliphatic carbocycles. The fraction of sp³-hybridized carbons (Fsp3) is 0.188. The molecule has 124 valence electrons. The summed E-state index contributed by atoms with van der Waals surface area (Å²) >= 11 is 5.83. The SMILES string of the molecule is Cn1ccc(CNC(=O)c2ccnn2COc2ccc(Cl)cc2)n1. The number of halogens is 1. The van der Waals surface area contributed by atoms with Crippen molar-refractivity contribution < 1.29 is 9.53 Å². The Morgan fingerprint density at radius 1 is 1.25 bits per heavy atom. The Labute approximate surface area is 143 Å². The van der Waals surface area contributed by atoms with Crippen molar-refractivity contribution in [3.05, 3.63) is 65.2 Å². The van der Waals surface area contributed by atoms with Crippen LogP contribution >= 0.6 is 11.6 Å². The fourth-order valence-corrected chi connectivity index (χ4v) is 2.24. The summed E-state index contributed by atoms with van der Waals surface area (Å²) in [5.74, 6) is 0.410. The van der Waals surface area contributed by atoms with E-state index in [0.717, 1.165) is 5.69 Å². The van der Waals surface area contributed by atoms with Gasteiger partial charge in [-0.1, -0.05) is 11.6 Å². The molecule has 0 unspecified atom stereocenters. The Hall–Kier alpha value is -2.80. The number of amides is 1. The summed E-state index contributed by atoms with van der Waals surface area (Å²) < 4.78 is 8.78. The highest BCUT2D eigenvalue weighted by molar-refractivity contribution is 6.30. The van der Waals surface area contributed by atoms with Gasteiger partial charge < -0.3 is 10.1 Å². The second-order valence-corrected chi connectivity index (χ2v) is 5.54. The number of rotatable bonds is 6. The van der Waals surface area contributed by atoms with E-state index in [0.29, 0.717) is 23.0 Å². The van der Waals surface area contributed by atoms with Crippen molar-refractivity contribution in [3.63, 3.8) is 0 Å². The van der Waals surface area contributed by atoms with Gasteiger partial charge >= 0.3 is 0 Å². The first-order chi connectivity index (χ1) is 11.6. The molecule has 3 aromatic rings. The van der Waals surface area contributed by atoms with Crippen molar-refractivity contribution in [1.29, 1.82) is 0 Å². The van der Waals surface area contributed by atoms with E-state index >= 15 is 0 Å². The van der Waals surface area contributed by atoms with Crippen LogP contribution < -0.4 is 10.1 Å². The van der Waals surface area contributed by atoms with Gasteiger partial charge in [0.25, 0.3) is 5.91 Å². The lowest BCUT2D eigenvalue weighted by Crippen LogP contribution is -2.26. The van der Waals surface area contributed by atoms with Gasteiger partial charge in [0.05, 0.1) is 12.2 Å². The zero-order valence-electron chi connectivity index (χ0n) is 13.0. The molecule has 0 aliphatic heterocycles. The summed E-state index contributed by atoms with van der Waals surface area (Å²) in [6.07, 6.45) is 3.38. The van der Waals surface area contributed by atoms with E-state index in [1.165, 1.54) is 4.68 Å². The van der Waals surface area contributed by atoms with Gasteiger partial charge in [0.2, 0.25) is 0 Å². The second-order valence-electron chi connectivity index (χ2n) is 5.11. The summed E-state index contributed by atoms with van der Waals surface area (Å²) in [5, 5.41) is 11.8. The third-order valence-electron chi connectivity index (χ3n) is 3.32. The predicted molar refractivity (Wildman–Crippen MR) is 88.7 cm³/mol. The van der Waals surface area contributed by atoms with Gasteiger partial charge in [-0.3, -0.25) is 9.48 Å². The molecule has 2 aromatic heterocycles. The van der Waals surface area contributed by atoms with E-state index in [9.17, 15) is 4.79 Å². The minimum absolute atomic E-state index is 0.126. The fourth-order valence-electron chi connectivity index (χ4n) is 2.11. The first-order valence-corrected chi connectivity index (χ1v) is 7.66. The van der Waals surface area contributed by atoms with Gasteiger partial charge in [0.15, 0.2) is 6.73 Å². The Bertz CT molecular complexity index is 825. The van der Waals surface area contributed by atoms with Gasteiger partial charge in [-0.05, 0) is 36.4 Å². The molecule has 2 heterocycles. The number of nitrogens with one attached hydrogen (secondary N) is 1. The van der Waals surface area contributed by atoms with Crippen LogP contribution in [0.15, 0.2) is 48.8 Å². The highest BCUT2D eigenvalue weighted by Crippen LogP contribution is 2.16. The molecule has 1 aromatic carbocycles. The standard InChI is InChI=1S/C16H16ClN5O2/c1-21-9-7-13(20-21)10-18-16(23)15-6-8-19-22(15)11-24-14-4-2-12(17)3-5-14/h2-9H,10-11H2,1H3,(H,18,23). The molecule has 0 fully saturated rings. The molecule has 24 heavy (non-hydrogen) atoms. The lowest BCUT2D eigenvalue weighted by molar-refractivity contribution is 0.0929. The van der Waals surface area contributed by atoms with Gasteiger partial charge in [0.1, 0.15) is 11.4 Å². The first kappa shape index (κ1) is 16.1. The number of aromatic nitrogens is 4. The lowest BCUT2D eigenvalue weighted by Gasteiger charge is -2.09. The summed E-state index contributed by atoms with van der Waals surface area (Å²) in [4.78, 5) is 12.3. The lowest BCUT2D eigenvalue weighted by atomic mass is 10.3. The Balaban J connectivity index is 1.59. The zero-order chi connectivity index (χ0) is 16.9. The van der Waals surface area contributed by atoms with Gasteiger partial charge in [-0.25, -0.2) is 4.68 Å². The predicted octanol–water partition coefficient (Wildman–Crippen LogP) is 2.24. The minimum atomic E-state index is -0.238. The molecule has 0 saturated carbocycles. The largest absolute Gasteiger partial charge is 0.471 e. The maximum atomic E-state index is 12.3. The Morgan fingerprint density at radius 3 is 2.75 bits per heavy atom. The molecule has 0 radical (unpaired) electrons. The van der Waals surface area contributed by atoms with E-state index in [1.54, 1.807) is 41.2 Å². The minimum Gasteiger partial charge on any atom is -0.471 e. The molecule has 0 aliphatic rings. The van der Waals surface area contributed by atoms with Crippen LogP contribution in [0.25, 0.3) is 0 Å². The van der Waals surface area contributed by atoms with Crippen LogP contribution in [0.4, 0.5) is 0 Å². The molecule has 0 spiro atoms. The van der Waals surface area contributed by atoms with E-state index < -0.39 is 0 Å². The quantitative estimate of drug-likeness (QED) is 0.743. The zero-order valence-corrected chi connectivity index (χ0v) is 13.8. The van der Waals surface area contributed by atoms with Gasteiger partial charge in [0, 0.05) is 24.5 Å². The van der Waals surface area contributed by atoms with Crippen molar-refractivity contribution in [2.24, 2.45) is 7.05 Å². The summed E-state index contributed by atoms with van der Waals surface area (Å²) in [7, 11) is 1.83. The molecule has 7 nitrogen and oxygen atoms in total. The monoisotopic (exact) mass is 345 g/mol. The van der Waals surface area contributed by atoms with Crippen LogP contribution in [0, 0.1) is 0 Å². The number of carbonyl (C=O) groups is 1. The molecule has 0 bridgehead atoms. The average Bonchev–Trinajstić information content (AvgIpc) is 3.21. The van der Waals surface area contributed by atoms with Gasteiger partial charge in [-0.2, -0.15) is 10.2 Å². The number of hydrogen-bond acceptors (Lipinski definition) is 4. The molecule has 3 rings (SSSR count). The molecule has 1 N–H and O–H groups in total. The average molecular weight is 346 g/mol. The number of nitrogens with zero attached hydrogens (tertiary/aromatic N) is 4. The van der Waals surface area contributed by atoms with E-state index in [4.69, 9.17) is 16.3 Å². The van der Waals surface area contributed by atoms with Crippen LogP contribution in [0.2, 0.25) is 5.02 Å². The number of aryl methyl sites for hydroxylation is 1. The Kier molecular flexibility index (Phi) is 4.81. The second kappa shape index (κ2) is 7.18. The number of carbonyl (C=O) groups excluding carboxylic acids is 1.